The summed E-state index contributed by atoms with van der Waals surface area (Å²) in [6, 6.07) is 14.5. The maximum Gasteiger partial charge on any atom is 0.197 e. The number of rotatable bonds is 6. The van der Waals surface area contributed by atoms with E-state index < -0.39 is 6.29 Å². The Hall–Kier alpha value is -2.20. The molecule has 0 aromatic heterocycles. The van der Waals surface area contributed by atoms with Gasteiger partial charge in [-0.15, -0.1) is 0 Å². The summed E-state index contributed by atoms with van der Waals surface area (Å²) >= 11 is 0. The van der Waals surface area contributed by atoms with Crippen LogP contribution in [0.5, 0.6) is 23.0 Å². The summed E-state index contributed by atoms with van der Waals surface area (Å²) in [5, 5.41) is 9.41. The van der Waals surface area contributed by atoms with Crippen molar-refractivity contribution in [2.24, 2.45) is 0 Å². The lowest BCUT2D eigenvalue weighted by atomic mass is 10.3. The molecule has 2 aromatic carbocycles. The van der Waals surface area contributed by atoms with Gasteiger partial charge >= 0.3 is 0 Å². The van der Waals surface area contributed by atoms with Gasteiger partial charge in [0.2, 0.25) is 0 Å². The van der Waals surface area contributed by atoms with Gasteiger partial charge in [-0.1, -0.05) is 13.0 Å². The third-order valence-electron chi connectivity index (χ3n) is 2.72. The highest BCUT2D eigenvalue weighted by Crippen LogP contribution is 2.26. The van der Waals surface area contributed by atoms with Crippen LogP contribution in [-0.2, 0) is 0 Å². The fraction of sp³-hybridized carbons (Fsp3) is 0.250. The van der Waals surface area contributed by atoms with Crippen LogP contribution in [-0.4, -0.2) is 18.5 Å². The maximum absolute atomic E-state index is 9.41. The Morgan fingerprint density at radius 2 is 1.60 bits per heavy atom. The zero-order valence-electron chi connectivity index (χ0n) is 11.6. The second-order valence-corrected chi connectivity index (χ2v) is 4.23. The molecule has 0 heterocycles. The normalized spacial score (nSPS) is 11.8. The van der Waals surface area contributed by atoms with Crippen LogP contribution in [0.4, 0.5) is 0 Å². The van der Waals surface area contributed by atoms with Gasteiger partial charge in [-0.05, 0) is 36.4 Å². The Kier molecular flexibility index (Phi) is 4.85. The Bertz CT molecular complexity index is 536. The highest BCUT2D eigenvalue weighted by atomic mass is 16.6. The standard InChI is InChI=1S/C16H18O4/c1-3-16(17)20-13-9-7-12(8-10-13)19-15-6-4-5-14(11-15)18-2/h4-11,16-17H,3H2,1-2H3. The molecule has 4 nitrogen and oxygen atoms in total. The quantitative estimate of drug-likeness (QED) is 0.818. The monoisotopic (exact) mass is 274 g/mol. The van der Waals surface area contributed by atoms with Crippen LogP contribution in [0.25, 0.3) is 0 Å². The summed E-state index contributed by atoms with van der Waals surface area (Å²) in [6.45, 7) is 1.85. The van der Waals surface area contributed by atoms with Crippen LogP contribution in [0.3, 0.4) is 0 Å². The van der Waals surface area contributed by atoms with Crippen molar-refractivity contribution in [3.8, 4) is 23.0 Å². The van der Waals surface area contributed by atoms with E-state index in [4.69, 9.17) is 14.2 Å². The molecule has 0 aliphatic rings. The first-order valence-corrected chi connectivity index (χ1v) is 6.48. The van der Waals surface area contributed by atoms with Crippen molar-refractivity contribution in [3.05, 3.63) is 48.5 Å². The molecule has 0 aliphatic heterocycles. The SMILES string of the molecule is CCC(O)Oc1ccc(Oc2cccc(OC)c2)cc1. The Balaban J connectivity index is 2.02. The second kappa shape index (κ2) is 6.82. The van der Waals surface area contributed by atoms with Gasteiger partial charge in [-0.2, -0.15) is 0 Å². The van der Waals surface area contributed by atoms with E-state index in [1.165, 1.54) is 0 Å². The zero-order chi connectivity index (χ0) is 14.4. The van der Waals surface area contributed by atoms with Gasteiger partial charge in [0.05, 0.1) is 7.11 Å². The van der Waals surface area contributed by atoms with E-state index in [0.717, 1.165) is 5.75 Å². The number of hydrogen-bond acceptors (Lipinski definition) is 4. The molecule has 4 heteroatoms. The van der Waals surface area contributed by atoms with Crippen molar-refractivity contribution >= 4 is 0 Å². The van der Waals surface area contributed by atoms with Crippen molar-refractivity contribution < 1.29 is 19.3 Å². The lowest BCUT2D eigenvalue weighted by Crippen LogP contribution is -2.13. The molecule has 0 radical (unpaired) electrons. The molecule has 1 atom stereocenters. The van der Waals surface area contributed by atoms with Crippen LogP contribution in [0.1, 0.15) is 13.3 Å². The first-order chi connectivity index (χ1) is 9.71. The minimum Gasteiger partial charge on any atom is -0.497 e. The number of methoxy groups -OCH3 is 1. The Morgan fingerprint density at radius 3 is 2.25 bits per heavy atom. The summed E-state index contributed by atoms with van der Waals surface area (Å²) in [4.78, 5) is 0. The van der Waals surface area contributed by atoms with Gasteiger partial charge in [0.15, 0.2) is 6.29 Å². The van der Waals surface area contributed by atoms with Crippen molar-refractivity contribution in [1.29, 1.82) is 0 Å². The summed E-state index contributed by atoms with van der Waals surface area (Å²) in [7, 11) is 1.62. The van der Waals surface area contributed by atoms with E-state index in [0.29, 0.717) is 23.7 Å². The third kappa shape index (κ3) is 3.90. The largest absolute Gasteiger partial charge is 0.497 e. The first-order valence-electron chi connectivity index (χ1n) is 6.48. The van der Waals surface area contributed by atoms with Gasteiger partial charge in [-0.25, -0.2) is 0 Å². The summed E-state index contributed by atoms with van der Waals surface area (Å²) in [6.07, 6.45) is -0.234. The molecule has 0 aliphatic carbocycles. The molecule has 0 bridgehead atoms. The molecule has 1 N–H and O–H groups in total. The highest BCUT2D eigenvalue weighted by molar-refractivity contribution is 5.38. The van der Waals surface area contributed by atoms with Crippen LogP contribution in [0.2, 0.25) is 0 Å². The molecular weight excluding hydrogens is 256 g/mol. The average molecular weight is 274 g/mol. The smallest absolute Gasteiger partial charge is 0.197 e. The molecule has 0 fully saturated rings. The van der Waals surface area contributed by atoms with E-state index in [1.54, 1.807) is 31.4 Å². The van der Waals surface area contributed by atoms with Crippen LogP contribution < -0.4 is 14.2 Å². The van der Waals surface area contributed by atoms with Crippen LogP contribution >= 0.6 is 0 Å². The maximum atomic E-state index is 9.41. The molecule has 0 spiro atoms. The van der Waals surface area contributed by atoms with Gasteiger partial charge in [0.1, 0.15) is 23.0 Å². The van der Waals surface area contributed by atoms with Crippen LogP contribution in [0, 0.1) is 0 Å². The number of aliphatic hydroxyl groups is 1. The topological polar surface area (TPSA) is 47.9 Å². The van der Waals surface area contributed by atoms with E-state index >= 15 is 0 Å². The van der Waals surface area contributed by atoms with E-state index in [2.05, 4.69) is 0 Å². The van der Waals surface area contributed by atoms with Crippen LogP contribution in [0.15, 0.2) is 48.5 Å². The lowest BCUT2D eigenvalue weighted by molar-refractivity contribution is -0.0191. The Morgan fingerprint density at radius 1 is 0.950 bits per heavy atom. The lowest BCUT2D eigenvalue weighted by Gasteiger charge is -2.12. The van der Waals surface area contributed by atoms with E-state index in [1.807, 2.05) is 31.2 Å². The first kappa shape index (κ1) is 14.2. The molecule has 20 heavy (non-hydrogen) atoms. The molecular formula is C16H18O4. The average Bonchev–Trinajstić information content (AvgIpc) is 2.49. The summed E-state index contributed by atoms with van der Waals surface area (Å²) in [5.74, 6) is 2.74. The van der Waals surface area contributed by atoms with Gasteiger partial charge in [0.25, 0.3) is 0 Å². The number of aliphatic hydroxyl groups excluding tert-OH is 1. The summed E-state index contributed by atoms with van der Waals surface area (Å²) in [5.41, 5.74) is 0. The number of hydrogen-bond donors (Lipinski definition) is 1. The number of ether oxygens (including phenoxy) is 3. The minimum absolute atomic E-state index is 0.544. The van der Waals surface area contributed by atoms with Gasteiger partial charge in [-0.3, -0.25) is 0 Å². The predicted octanol–water partition coefficient (Wildman–Crippen LogP) is 3.59. The zero-order valence-corrected chi connectivity index (χ0v) is 11.6. The van der Waals surface area contributed by atoms with Crippen molar-refractivity contribution in [3.63, 3.8) is 0 Å². The molecule has 2 rings (SSSR count). The fourth-order valence-electron chi connectivity index (χ4n) is 1.63. The van der Waals surface area contributed by atoms with Gasteiger partial charge in [0, 0.05) is 12.5 Å². The Labute approximate surface area is 118 Å². The number of benzene rings is 2. The van der Waals surface area contributed by atoms with Gasteiger partial charge < -0.3 is 19.3 Å². The molecule has 1 unspecified atom stereocenters. The third-order valence-corrected chi connectivity index (χ3v) is 2.72. The molecule has 2 aromatic rings. The molecule has 0 saturated carbocycles. The molecule has 106 valence electrons. The second-order valence-electron chi connectivity index (χ2n) is 4.23. The fourth-order valence-corrected chi connectivity index (χ4v) is 1.63. The predicted molar refractivity (Wildman–Crippen MR) is 76.4 cm³/mol. The van der Waals surface area contributed by atoms with E-state index in [9.17, 15) is 5.11 Å². The minimum atomic E-state index is -0.778. The molecule has 0 saturated heterocycles. The van der Waals surface area contributed by atoms with E-state index in [-0.39, 0.29) is 0 Å². The van der Waals surface area contributed by atoms with Crippen molar-refractivity contribution in [2.75, 3.05) is 7.11 Å². The summed E-state index contributed by atoms with van der Waals surface area (Å²) < 4.78 is 16.1. The van der Waals surface area contributed by atoms with Crippen molar-refractivity contribution in [1.82, 2.24) is 0 Å². The molecule has 0 amide bonds. The highest BCUT2D eigenvalue weighted by Gasteiger charge is 2.03. The van der Waals surface area contributed by atoms with Crippen molar-refractivity contribution in [2.45, 2.75) is 19.6 Å².